The first-order valence-electron chi connectivity index (χ1n) is 6.25. The molecular weight excluding hydrogens is 240 g/mol. The van der Waals surface area contributed by atoms with Gasteiger partial charge in [0.15, 0.2) is 0 Å². The molecule has 5 heteroatoms. The van der Waals surface area contributed by atoms with Gasteiger partial charge in [-0.3, -0.25) is 4.79 Å². The summed E-state index contributed by atoms with van der Waals surface area (Å²) in [6.45, 7) is 4.92. The van der Waals surface area contributed by atoms with E-state index in [1.54, 1.807) is 12.1 Å². The second-order valence-corrected chi connectivity index (χ2v) is 5.13. The molecule has 5 nitrogen and oxygen atoms in total. The van der Waals surface area contributed by atoms with Crippen LogP contribution in [0, 0.1) is 17.2 Å². The number of amides is 1. The van der Waals surface area contributed by atoms with Crippen LogP contribution in [0.2, 0.25) is 0 Å². The van der Waals surface area contributed by atoms with Gasteiger partial charge in [-0.05, 0) is 32.1 Å². The monoisotopic (exact) mass is 260 g/mol. The average molecular weight is 260 g/mol. The van der Waals surface area contributed by atoms with E-state index in [1.807, 2.05) is 25.1 Å². The molecule has 0 aliphatic heterocycles. The van der Waals surface area contributed by atoms with Gasteiger partial charge in [0.05, 0.1) is 5.56 Å². The number of aromatic nitrogens is 1. The molecule has 1 aromatic heterocycles. The Morgan fingerprint density at radius 3 is 2.58 bits per heavy atom. The molecule has 0 bridgehead atoms. The fraction of sp³-hybridized carbons (Fsp3) is 0.500. The molecule has 0 saturated heterocycles. The smallest absolute Gasteiger partial charge is 0.270 e. The van der Waals surface area contributed by atoms with E-state index in [2.05, 4.69) is 24.1 Å². The summed E-state index contributed by atoms with van der Waals surface area (Å²) in [5.74, 6) is 0.134. The molecule has 1 heterocycles. The highest BCUT2D eigenvalue weighted by Crippen LogP contribution is 2.05. The number of hydrogen-bond donors (Lipinski definition) is 1. The van der Waals surface area contributed by atoms with Gasteiger partial charge in [0, 0.05) is 18.8 Å². The minimum Gasteiger partial charge on any atom is -0.346 e. The summed E-state index contributed by atoms with van der Waals surface area (Å²) in [6.07, 6.45) is 1.41. The lowest BCUT2D eigenvalue weighted by Crippen LogP contribution is -2.45. The SMILES string of the molecule is CC(C)C(CN(C)C)NC(=O)c1ccc(C#N)cn1. The minimum atomic E-state index is -0.204. The predicted molar refractivity (Wildman–Crippen MR) is 73.6 cm³/mol. The number of likely N-dealkylation sites (N-methyl/N-ethyl adjacent to an activating group) is 1. The van der Waals surface area contributed by atoms with Crippen molar-refractivity contribution in [3.8, 4) is 6.07 Å². The molecule has 0 fully saturated rings. The number of carbonyl (C=O) groups is 1. The highest BCUT2D eigenvalue weighted by Gasteiger charge is 2.18. The van der Waals surface area contributed by atoms with E-state index in [0.717, 1.165) is 6.54 Å². The van der Waals surface area contributed by atoms with Gasteiger partial charge in [-0.15, -0.1) is 0 Å². The second-order valence-electron chi connectivity index (χ2n) is 5.13. The van der Waals surface area contributed by atoms with Crippen molar-refractivity contribution >= 4 is 5.91 Å². The molecule has 1 rings (SSSR count). The Kier molecular flexibility index (Phi) is 5.46. The van der Waals surface area contributed by atoms with Gasteiger partial charge < -0.3 is 10.2 Å². The molecule has 1 unspecified atom stereocenters. The summed E-state index contributed by atoms with van der Waals surface area (Å²) < 4.78 is 0. The molecule has 0 aliphatic carbocycles. The fourth-order valence-electron chi connectivity index (χ4n) is 1.65. The first-order chi connectivity index (χ1) is 8.93. The summed E-state index contributed by atoms with van der Waals surface area (Å²) in [6, 6.07) is 5.21. The van der Waals surface area contributed by atoms with E-state index in [-0.39, 0.29) is 11.9 Å². The molecule has 1 aromatic rings. The molecular formula is C14H20N4O. The Balaban J connectivity index is 2.73. The summed E-state index contributed by atoms with van der Waals surface area (Å²) >= 11 is 0. The van der Waals surface area contributed by atoms with E-state index in [0.29, 0.717) is 17.2 Å². The van der Waals surface area contributed by atoms with Gasteiger partial charge in [-0.2, -0.15) is 5.26 Å². The molecule has 0 aromatic carbocycles. The molecule has 0 spiro atoms. The lowest BCUT2D eigenvalue weighted by molar-refractivity contribution is 0.0911. The summed E-state index contributed by atoms with van der Waals surface area (Å²) in [5, 5.41) is 11.7. The van der Waals surface area contributed by atoms with E-state index in [1.165, 1.54) is 6.20 Å². The highest BCUT2D eigenvalue weighted by molar-refractivity contribution is 5.92. The Morgan fingerprint density at radius 1 is 1.47 bits per heavy atom. The zero-order valence-electron chi connectivity index (χ0n) is 11.8. The number of rotatable bonds is 5. The number of hydrogen-bond acceptors (Lipinski definition) is 4. The molecule has 102 valence electrons. The third-order valence-corrected chi connectivity index (χ3v) is 2.81. The van der Waals surface area contributed by atoms with Crippen LogP contribution in [0.25, 0.3) is 0 Å². The van der Waals surface area contributed by atoms with Gasteiger partial charge in [0.2, 0.25) is 0 Å². The summed E-state index contributed by atoms with van der Waals surface area (Å²) in [5.41, 5.74) is 0.786. The maximum absolute atomic E-state index is 12.1. The number of nitrogens with zero attached hydrogens (tertiary/aromatic N) is 3. The molecule has 1 amide bonds. The van der Waals surface area contributed by atoms with Crippen LogP contribution < -0.4 is 5.32 Å². The molecule has 0 saturated carbocycles. The average Bonchev–Trinajstić information content (AvgIpc) is 2.37. The van der Waals surface area contributed by atoms with E-state index >= 15 is 0 Å². The molecule has 0 radical (unpaired) electrons. The Hall–Kier alpha value is -1.93. The van der Waals surface area contributed by atoms with E-state index < -0.39 is 0 Å². The lowest BCUT2D eigenvalue weighted by atomic mass is 10.0. The number of nitrogens with one attached hydrogen (secondary N) is 1. The van der Waals surface area contributed by atoms with Crippen LogP contribution in [0.5, 0.6) is 0 Å². The van der Waals surface area contributed by atoms with Gasteiger partial charge in [0.1, 0.15) is 11.8 Å². The van der Waals surface area contributed by atoms with Crippen molar-refractivity contribution in [2.24, 2.45) is 5.92 Å². The van der Waals surface area contributed by atoms with Gasteiger partial charge in [0.25, 0.3) is 5.91 Å². The van der Waals surface area contributed by atoms with E-state index in [9.17, 15) is 4.79 Å². The van der Waals surface area contributed by atoms with Crippen molar-refractivity contribution in [1.29, 1.82) is 5.26 Å². The summed E-state index contributed by atoms with van der Waals surface area (Å²) in [4.78, 5) is 18.1. The maximum Gasteiger partial charge on any atom is 0.270 e. The Morgan fingerprint density at radius 2 is 2.16 bits per heavy atom. The van der Waals surface area contributed by atoms with Crippen LogP contribution in [0.4, 0.5) is 0 Å². The van der Waals surface area contributed by atoms with Crippen LogP contribution in [0.1, 0.15) is 29.9 Å². The third-order valence-electron chi connectivity index (χ3n) is 2.81. The number of carbonyl (C=O) groups excluding carboxylic acids is 1. The fourth-order valence-corrected chi connectivity index (χ4v) is 1.65. The van der Waals surface area contributed by atoms with Crippen molar-refractivity contribution < 1.29 is 4.79 Å². The Labute approximate surface area is 114 Å². The predicted octanol–water partition coefficient (Wildman–Crippen LogP) is 1.27. The van der Waals surface area contributed by atoms with Gasteiger partial charge in [-0.1, -0.05) is 13.8 Å². The van der Waals surface area contributed by atoms with Gasteiger partial charge in [-0.25, -0.2) is 4.98 Å². The van der Waals surface area contributed by atoms with Crippen LogP contribution in [0.15, 0.2) is 18.3 Å². The van der Waals surface area contributed by atoms with Crippen LogP contribution in [-0.2, 0) is 0 Å². The van der Waals surface area contributed by atoms with Crippen molar-refractivity contribution in [2.75, 3.05) is 20.6 Å². The van der Waals surface area contributed by atoms with Crippen molar-refractivity contribution in [3.63, 3.8) is 0 Å². The topological polar surface area (TPSA) is 69.0 Å². The molecule has 1 atom stereocenters. The molecule has 19 heavy (non-hydrogen) atoms. The van der Waals surface area contributed by atoms with Crippen molar-refractivity contribution in [3.05, 3.63) is 29.6 Å². The number of pyridine rings is 1. The van der Waals surface area contributed by atoms with E-state index in [4.69, 9.17) is 5.26 Å². The normalized spacial score (nSPS) is 12.3. The lowest BCUT2D eigenvalue weighted by Gasteiger charge is -2.25. The highest BCUT2D eigenvalue weighted by atomic mass is 16.1. The zero-order valence-corrected chi connectivity index (χ0v) is 11.8. The van der Waals surface area contributed by atoms with Crippen LogP contribution in [-0.4, -0.2) is 42.5 Å². The first kappa shape index (κ1) is 15.1. The Bertz CT molecular complexity index is 459. The van der Waals surface area contributed by atoms with Crippen molar-refractivity contribution in [1.82, 2.24) is 15.2 Å². The molecule has 0 aliphatic rings. The largest absolute Gasteiger partial charge is 0.346 e. The standard InChI is InChI=1S/C14H20N4O/c1-10(2)13(9-18(3)4)17-14(19)12-6-5-11(7-15)8-16-12/h5-6,8,10,13H,9H2,1-4H3,(H,17,19). The maximum atomic E-state index is 12.1. The quantitative estimate of drug-likeness (QED) is 0.865. The van der Waals surface area contributed by atoms with Gasteiger partial charge >= 0.3 is 0 Å². The minimum absolute atomic E-state index is 0.0694. The third kappa shape index (κ3) is 4.68. The van der Waals surface area contributed by atoms with Crippen molar-refractivity contribution in [2.45, 2.75) is 19.9 Å². The second kappa shape index (κ2) is 6.86. The number of nitriles is 1. The van der Waals surface area contributed by atoms with Crippen LogP contribution in [0.3, 0.4) is 0 Å². The first-order valence-corrected chi connectivity index (χ1v) is 6.25. The van der Waals surface area contributed by atoms with Crippen LogP contribution >= 0.6 is 0 Å². The molecule has 1 N–H and O–H groups in total. The summed E-state index contributed by atoms with van der Waals surface area (Å²) in [7, 11) is 3.95. The zero-order chi connectivity index (χ0) is 14.4.